The molecule has 2 rings (SSSR count). The lowest BCUT2D eigenvalue weighted by Gasteiger charge is -2.39. The SMILES string of the molecule is CNC1CC(C)CC(C)C1Oc1ccccc1F. The van der Waals surface area contributed by atoms with E-state index >= 15 is 0 Å². The lowest BCUT2D eigenvalue weighted by atomic mass is 9.78. The molecule has 1 aromatic carbocycles. The van der Waals surface area contributed by atoms with Crippen LogP contribution in [-0.2, 0) is 0 Å². The molecule has 0 bridgehead atoms. The van der Waals surface area contributed by atoms with Gasteiger partial charge in [-0.05, 0) is 43.9 Å². The summed E-state index contributed by atoms with van der Waals surface area (Å²) in [7, 11) is 1.95. The Hall–Kier alpha value is -1.09. The fourth-order valence-corrected chi connectivity index (χ4v) is 3.00. The number of para-hydroxylation sites is 1. The van der Waals surface area contributed by atoms with Crippen molar-refractivity contribution in [2.45, 2.75) is 38.8 Å². The van der Waals surface area contributed by atoms with E-state index in [1.165, 1.54) is 6.07 Å². The van der Waals surface area contributed by atoms with E-state index in [1.807, 2.05) is 13.1 Å². The minimum absolute atomic E-state index is 0.0445. The molecule has 0 spiro atoms. The van der Waals surface area contributed by atoms with Gasteiger partial charge >= 0.3 is 0 Å². The number of hydrogen-bond acceptors (Lipinski definition) is 2. The third-order valence-electron chi connectivity index (χ3n) is 3.86. The molecule has 0 saturated heterocycles. The molecule has 4 unspecified atom stereocenters. The van der Waals surface area contributed by atoms with E-state index in [-0.39, 0.29) is 11.9 Å². The van der Waals surface area contributed by atoms with Gasteiger partial charge in [-0.15, -0.1) is 0 Å². The zero-order chi connectivity index (χ0) is 13.1. The summed E-state index contributed by atoms with van der Waals surface area (Å²) in [5.41, 5.74) is 0. The van der Waals surface area contributed by atoms with Gasteiger partial charge in [-0.25, -0.2) is 4.39 Å². The number of ether oxygens (including phenoxy) is 1. The maximum absolute atomic E-state index is 13.6. The van der Waals surface area contributed by atoms with Crippen LogP contribution >= 0.6 is 0 Å². The maximum atomic E-state index is 13.6. The number of nitrogens with one attached hydrogen (secondary N) is 1. The average Bonchev–Trinajstić information content (AvgIpc) is 2.34. The first-order chi connectivity index (χ1) is 8.61. The molecular formula is C15H22FNO. The van der Waals surface area contributed by atoms with Crippen molar-refractivity contribution in [3.8, 4) is 5.75 Å². The Bertz CT molecular complexity index is 396. The van der Waals surface area contributed by atoms with Crippen molar-refractivity contribution in [1.82, 2.24) is 5.32 Å². The Balaban J connectivity index is 2.13. The van der Waals surface area contributed by atoms with E-state index in [9.17, 15) is 4.39 Å². The first-order valence-electron chi connectivity index (χ1n) is 6.70. The van der Waals surface area contributed by atoms with Crippen LogP contribution in [0.4, 0.5) is 4.39 Å². The minimum atomic E-state index is -0.279. The highest BCUT2D eigenvalue weighted by Gasteiger charge is 2.35. The molecule has 1 aromatic rings. The summed E-state index contributed by atoms with van der Waals surface area (Å²) in [6.45, 7) is 4.45. The van der Waals surface area contributed by atoms with Gasteiger partial charge in [-0.2, -0.15) is 0 Å². The van der Waals surface area contributed by atoms with Gasteiger partial charge in [-0.1, -0.05) is 26.0 Å². The Morgan fingerprint density at radius 1 is 1.22 bits per heavy atom. The molecule has 1 N–H and O–H groups in total. The van der Waals surface area contributed by atoms with Gasteiger partial charge in [0, 0.05) is 6.04 Å². The maximum Gasteiger partial charge on any atom is 0.165 e. The molecule has 1 aliphatic rings. The highest BCUT2D eigenvalue weighted by atomic mass is 19.1. The van der Waals surface area contributed by atoms with Crippen molar-refractivity contribution < 1.29 is 9.13 Å². The molecule has 0 aliphatic heterocycles. The van der Waals surface area contributed by atoms with E-state index in [0.29, 0.717) is 23.6 Å². The van der Waals surface area contributed by atoms with Gasteiger partial charge in [0.1, 0.15) is 6.10 Å². The average molecular weight is 251 g/mol. The summed E-state index contributed by atoms with van der Waals surface area (Å²) < 4.78 is 19.5. The molecule has 2 nitrogen and oxygen atoms in total. The van der Waals surface area contributed by atoms with Gasteiger partial charge in [0.15, 0.2) is 11.6 Å². The van der Waals surface area contributed by atoms with E-state index in [0.717, 1.165) is 12.8 Å². The first kappa shape index (κ1) is 13.3. The van der Waals surface area contributed by atoms with Crippen LogP contribution in [0.2, 0.25) is 0 Å². The van der Waals surface area contributed by atoms with E-state index in [2.05, 4.69) is 19.2 Å². The second kappa shape index (κ2) is 5.70. The van der Waals surface area contributed by atoms with Gasteiger partial charge < -0.3 is 10.1 Å². The zero-order valence-corrected chi connectivity index (χ0v) is 11.3. The van der Waals surface area contributed by atoms with Crippen molar-refractivity contribution in [2.75, 3.05) is 7.05 Å². The molecule has 1 saturated carbocycles. The Morgan fingerprint density at radius 2 is 1.94 bits per heavy atom. The Labute approximate surface area is 109 Å². The topological polar surface area (TPSA) is 21.3 Å². The predicted molar refractivity (Wildman–Crippen MR) is 71.2 cm³/mol. The smallest absolute Gasteiger partial charge is 0.165 e. The lowest BCUT2D eigenvalue weighted by Crippen LogP contribution is -2.49. The molecule has 0 amide bonds. The monoisotopic (exact) mass is 251 g/mol. The predicted octanol–water partition coefficient (Wildman–Crippen LogP) is 3.23. The van der Waals surface area contributed by atoms with Gasteiger partial charge in [0.2, 0.25) is 0 Å². The summed E-state index contributed by atoms with van der Waals surface area (Å²) in [5.74, 6) is 1.21. The summed E-state index contributed by atoms with van der Waals surface area (Å²) in [6, 6.07) is 6.93. The lowest BCUT2D eigenvalue weighted by molar-refractivity contribution is 0.0477. The molecule has 100 valence electrons. The van der Waals surface area contributed by atoms with Crippen LogP contribution < -0.4 is 10.1 Å². The number of likely N-dealkylation sites (N-methyl/N-ethyl adjacent to an activating group) is 1. The Kier molecular flexibility index (Phi) is 4.23. The van der Waals surface area contributed by atoms with Crippen LogP contribution in [-0.4, -0.2) is 19.2 Å². The van der Waals surface area contributed by atoms with Crippen molar-refractivity contribution in [2.24, 2.45) is 11.8 Å². The quantitative estimate of drug-likeness (QED) is 0.890. The van der Waals surface area contributed by atoms with Crippen LogP contribution in [0, 0.1) is 17.7 Å². The van der Waals surface area contributed by atoms with Crippen LogP contribution in [0.15, 0.2) is 24.3 Å². The van der Waals surface area contributed by atoms with Gasteiger partial charge in [0.05, 0.1) is 0 Å². The molecule has 18 heavy (non-hydrogen) atoms. The molecule has 1 fully saturated rings. The molecular weight excluding hydrogens is 229 g/mol. The molecule has 0 heterocycles. The highest BCUT2D eigenvalue weighted by molar-refractivity contribution is 5.24. The summed E-state index contributed by atoms with van der Waals surface area (Å²) in [4.78, 5) is 0. The second-order valence-corrected chi connectivity index (χ2v) is 5.46. The largest absolute Gasteiger partial charge is 0.485 e. The van der Waals surface area contributed by atoms with E-state index in [1.54, 1.807) is 12.1 Å². The number of benzene rings is 1. The van der Waals surface area contributed by atoms with Crippen LogP contribution in [0.1, 0.15) is 26.7 Å². The van der Waals surface area contributed by atoms with E-state index < -0.39 is 0 Å². The molecule has 0 aromatic heterocycles. The molecule has 3 heteroatoms. The molecule has 1 aliphatic carbocycles. The second-order valence-electron chi connectivity index (χ2n) is 5.46. The van der Waals surface area contributed by atoms with Crippen LogP contribution in [0.25, 0.3) is 0 Å². The fourth-order valence-electron chi connectivity index (χ4n) is 3.00. The standard InChI is InChI=1S/C15H22FNO/c1-10-8-11(2)15(13(9-10)17-3)18-14-7-5-4-6-12(14)16/h4-7,10-11,13,15,17H,8-9H2,1-3H3. The zero-order valence-electron chi connectivity index (χ0n) is 11.3. The third kappa shape index (κ3) is 2.83. The summed E-state index contributed by atoms with van der Waals surface area (Å²) >= 11 is 0. The molecule has 4 atom stereocenters. The van der Waals surface area contributed by atoms with Crippen LogP contribution in [0.5, 0.6) is 5.75 Å². The number of halogens is 1. The van der Waals surface area contributed by atoms with Crippen molar-refractivity contribution in [1.29, 1.82) is 0 Å². The van der Waals surface area contributed by atoms with Gasteiger partial charge in [-0.3, -0.25) is 0 Å². The van der Waals surface area contributed by atoms with Crippen molar-refractivity contribution in [3.63, 3.8) is 0 Å². The summed E-state index contributed by atoms with van der Waals surface area (Å²) in [6.07, 6.45) is 2.26. The summed E-state index contributed by atoms with van der Waals surface area (Å²) in [5, 5.41) is 3.31. The van der Waals surface area contributed by atoms with Crippen molar-refractivity contribution in [3.05, 3.63) is 30.1 Å². The van der Waals surface area contributed by atoms with Crippen molar-refractivity contribution >= 4 is 0 Å². The van der Waals surface area contributed by atoms with Crippen LogP contribution in [0.3, 0.4) is 0 Å². The van der Waals surface area contributed by atoms with E-state index in [4.69, 9.17) is 4.74 Å². The van der Waals surface area contributed by atoms with Gasteiger partial charge in [0.25, 0.3) is 0 Å². The number of rotatable bonds is 3. The highest BCUT2D eigenvalue weighted by Crippen LogP contribution is 2.32. The Morgan fingerprint density at radius 3 is 2.61 bits per heavy atom. The first-order valence-corrected chi connectivity index (χ1v) is 6.70. The fraction of sp³-hybridized carbons (Fsp3) is 0.600. The third-order valence-corrected chi connectivity index (χ3v) is 3.86. The normalized spacial score (nSPS) is 32.2. The molecule has 0 radical (unpaired) electrons. The number of hydrogen-bond donors (Lipinski definition) is 1. The minimum Gasteiger partial charge on any atom is -0.485 e.